The van der Waals surface area contributed by atoms with Crippen molar-refractivity contribution in [1.82, 2.24) is 0 Å². The molecule has 20 heavy (non-hydrogen) atoms. The number of benzene rings is 1. The number of nitriles is 1. The van der Waals surface area contributed by atoms with Gasteiger partial charge in [-0.1, -0.05) is 38.0 Å². The number of nitrogens with zero attached hydrogens (tertiary/aromatic N) is 1. The summed E-state index contributed by atoms with van der Waals surface area (Å²) in [5, 5.41) is 9.36. The lowest BCUT2D eigenvalue weighted by Crippen LogP contribution is -2.32. The summed E-state index contributed by atoms with van der Waals surface area (Å²) in [7, 11) is -1.06. The lowest BCUT2D eigenvalue weighted by Gasteiger charge is -2.32. The Balaban J connectivity index is 2.21. The predicted octanol–water partition coefficient (Wildman–Crippen LogP) is 4.21. The standard InChI is InChI=1S/C17H23NOS/c1-3-6-14-9-10-15(12-18)17(11-14)20(19)16-8-5-4-7-13(16)2/h4-5,7-8,14-15,17H,3,6,9-11H2,1-2H3. The topological polar surface area (TPSA) is 40.9 Å². The van der Waals surface area contributed by atoms with Gasteiger partial charge in [0.05, 0.1) is 28.0 Å². The summed E-state index contributed by atoms with van der Waals surface area (Å²) in [6.45, 7) is 4.20. The zero-order valence-electron chi connectivity index (χ0n) is 12.3. The number of rotatable bonds is 4. The van der Waals surface area contributed by atoms with Gasteiger partial charge in [-0.3, -0.25) is 4.21 Å². The summed E-state index contributed by atoms with van der Waals surface area (Å²) in [6, 6.07) is 10.3. The number of aryl methyl sites for hydroxylation is 1. The third-order valence-corrected chi connectivity index (χ3v) is 6.31. The molecule has 1 aromatic rings. The van der Waals surface area contributed by atoms with Crippen molar-refractivity contribution < 1.29 is 4.21 Å². The van der Waals surface area contributed by atoms with Crippen molar-refractivity contribution >= 4 is 10.8 Å². The molecule has 1 aliphatic carbocycles. The van der Waals surface area contributed by atoms with Crippen LogP contribution in [0.2, 0.25) is 0 Å². The average molecular weight is 289 g/mol. The Morgan fingerprint density at radius 2 is 2.10 bits per heavy atom. The lowest BCUT2D eigenvalue weighted by atomic mass is 9.80. The molecule has 3 heteroatoms. The van der Waals surface area contributed by atoms with Crippen LogP contribution in [0, 0.1) is 30.1 Å². The van der Waals surface area contributed by atoms with Gasteiger partial charge >= 0.3 is 0 Å². The van der Waals surface area contributed by atoms with Gasteiger partial charge in [0.1, 0.15) is 0 Å². The molecule has 1 saturated carbocycles. The molecule has 0 N–H and O–H groups in total. The average Bonchev–Trinajstić information content (AvgIpc) is 2.47. The first kappa shape index (κ1) is 15.3. The highest BCUT2D eigenvalue weighted by Gasteiger charge is 2.35. The summed E-state index contributed by atoms with van der Waals surface area (Å²) in [5.74, 6) is 0.589. The van der Waals surface area contributed by atoms with E-state index in [2.05, 4.69) is 13.0 Å². The molecule has 0 amide bonds. The van der Waals surface area contributed by atoms with Crippen molar-refractivity contribution in [2.45, 2.75) is 56.1 Å². The second-order valence-electron chi connectivity index (χ2n) is 5.80. The van der Waals surface area contributed by atoms with E-state index in [0.717, 1.165) is 29.7 Å². The monoisotopic (exact) mass is 289 g/mol. The van der Waals surface area contributed by atoms with Crippen molar-refractivity contribution in [3.05, 3.63) is 29.8 Å². The third-order valence-electron chi connectivity index (χ3n) is 4.35. The maximum Gasteiger partial charge on any atom is 0.0668 e. The van der Waals surface area contributed by atoms with E-state index >= 15 is 0 Å². The zero-order chi connectivity index (χ0) is 14.5. The summed E-state index contributed by atoms with van der Waals surface area (Å²) in [4.78, 5) is 0.912. The van der Waals surface area contributed by atoms with E-state index in [1.54, 1.807) is 0 Å². The Bertz CT molecular complexity index is 520. The van der Waals surface area contributed by atoms with Crippen LogP contribution in [0.5, 0.6) is 0 Å². The second kappa shape index (κ2) is 7.04. The Hall–Kier alpha value is -1.14. The number of hydrogen-bond donors (Lipinski definition) is 0. The smallest absolute Gasteiger partial charge is 0.0668 e. The first-order valence-electron chi connectivity index (χ1n) is 7.53. The third kappa shape index (κ3) is 3.30. The molecule has 0 saturated heterocycles. The van der Waals surface area contributed by atoms with Crippen molar-refractivity contribution in [2.24, 2.45) is 11.8 Å². The van der Waals surface area contributed by atoms with Gasteiger partial charge in [-0.15, -0.1) is 0 Å². The maximum atomic E-state index is 12.9. The van der Waals surface area contributed by atoms with Crippen molar-refractivity contribution in [3.8, 4) is 6.07 Å². The minimum atomic E-state index is -1.06. The Morgan fingerprint density at radius 3 is 2.75 bits per heavy atom. The zero-order valence-corrected chi connectivity index (χ0v) is 13.2. The highest BCUT2D eigenvalue weighted by Crippen LogP contribution is 2.36. The van der Waals surface area contributed by atoms with Gasteiger partial charge in [0, 0.05) is 4.90 Å². The van der Waals surface area contributed by atoms with E-state index in [-0.39, 0.29) is 11.2 Å². The molecule has 0 aromatic heterocycles. The van der Waals surface area contributed by atoms with E-state index in [0.29, 0.717) is 5.92 Å². The highest BCUT2D eigenvalue weighted by molar-refractivity contribution is 7.85. The van der Waals surface area contributed by atoms with Crippen LogP contribution in [0.3, 0.4) is 0 Å². The fourth-order valence-electron chi connectivity index (χ4n) is 3.21. The first-order chi connectivity index (χ1) is 9.67. The van der Waals surface area contributed by atoms with E-state index in [4.69, 9.17) is 0 Å². The Labute approximate surface area is 124 Å². The molecule has 108 valence electrons. The van der Waals surface area contributed by atoms with E-state index in [1.165, 1.54) is 12.8 Å². The fraction of sp³-hybridized carbons (Fsp3) is 0.588. The van der Waals surface area contributed by atoms with Crippen molar-refractivity contribution in [1.29, 1.82) is 5.26 Å². The van der Waals surface area contributed by atoms with E-state index in [1.807, 2.05) is 31.2 Å². The second-order valence-corrected chi connectivity index (χ2v) is 7.44. The van der Waals surface area contributed by atoms with Crippen LogP contribution in [-0.2, 0) is 10.8 Å². The molecule has 4 atom stereocenters. The summed E-state index contributed by atoms with van der Waals surface area (Å²) in [6.07, 6.45) is 5.33. The van der Waals surface area contributed by atoms with Gasteiger partial charge in [0.15, 0.2) is 0 Å². The Morgan fingerprint density at radius 1 is 1.35 bits per heavy atom. The van der Waals surface area contributed by atoms with Gasteiger partial charge in [-0.05, 0) is 43.7 Å². The molecule has 2 nitrogen and oxygen atoms in total. The van der Waals surface area contributed by atoms with Crippen LogP contribution in [0.1, 0.15) is 44.6 Å². The number of hydrogen-bond acceptors (Lipinski definition) is 2. The highest BCUT2D eigenvalue weighted by atomic mass is 32.2. The van der Waals surface area contributed by atoms with Gasteiger partial charge < -0.3 is 0 Å². The molecule has 0 heterocycles. The van der Waals surface area contributed by atoms with Gasteiger partial charge in [0.25, 0.3) is 0 Å². The normalized spacial score (nSPS) is 27.8. The van der Waals surface area contributed by atoms with Gasteiger partial charge in [-0.2, -0.15) is 5.26 Å². The van der Waals surface area contributed by atoms with Crippen molar-refractivity contribution in [3.63, 3.8) is 0 Å². The summed E-state index contributed by atoms with van der Waals surface area (Å²) < 4.78 is 12.9. The minimum Gasteiger partial charge on any atom is -0.254 e. The van der Waals surface area contributed by atoms with Gasteiger partial charge in [-0.25, -0.2) is 0 Å². The molecule has 2 rings (SSSR count). The maximum absolute atomic E-state index is 12.9. The van der Waals surface area contributed by atoms with Crippen LogP contribution in [0.25, 0.3) is 0 Å². The summed E-state index contributed by atoms with van der Waals surface area (Å²) >= 11 is 0. The molecule has 1 aromatic carbocycles. The molecule has 0 bridgehead atoms. The SMILES string of the molecule is CCCC1CCC(C#N)C(S(=O)c2ccccc2C)C1. The lowest BCUT2D eigenvalue weighted by molar-refractivity contribution is 0.303. The van der Waals surface area contributed by atoms with Crippen LogP contribution in [0.4, 0.5) is 0 Å². The Kier molecular flexibility index (Phi) is 5.37. The molecule has 0 radical (unpaired) electrons. The molecule has 4 unspecified atom stereocenters. The van der Waals surface area contributed by atoms with E-state index < -0.39 is 10.8 Å². The molecular weight excluding hydrogens is 266 g/mol. The van der Waals surface area contributed by atoms with Crippen LogP contribution in [0.15, 0.2) is 29.2 Å². The van der Waals surface area contributed by atoms with Crippen molar-refractivity contribution in [2.75, 3.05) is 0 Å². The van der Waals surface area contributed by atoms with Crippen LogP contribution < -0.4 is 0 Å². The quantitative estimate of drug-likeness (QED) is 0.833. The molecular formula is C17H23NOS. The minimum absolute atomic E-state index is 0.00593. The first-order valence-corrected chi connectivity index (χ1v) is 8.74. The molecule has 0 spiro atoms. The molecule has 1 aliphatic rings. The predicted molar refractivity (Wildman–Crippen MR) is 82.7 cm³/mol. The van der Waals surface area contributed by atoms with Crippen LogP contribution >= 0.6 is 0 Å². The van der Waals surface area contributed by atoms with E-state index in [9.17, 15) is 9.47 Å². The molecule has 0 aliphatic heterocycles. The largest absolute Gasteiger partial charge is 0.254 e. The molecule has 1 fully saturated rings. The summed E-state index contributed by atoms with van der Waals surface area (Å²) in [5.41, 5.74) is 1.07. The fourth-order valence-corrected chi connectivity index (χ4v) is 5.08. The van der Waals surface area contributed by atoms with Gasteiger partial charge in [0.2, 0.25) is 0 Å². The van der Waals surface area contributed by atoms with Crippen LogP contribution in [-0.4, -0.2) is 9.46 Å².